The summed E-state index contributed by atoms with van der Waals surface area (Å²) in [5.74, 6) is 0. The van der Waals surface area contributed by atoms with Crippen molar-refractivity contribution < 1.29 is 32.1 Å². The van der Waals surface area contributed by atoms with E-state index in [9.17, 15) is 0 Å². The molecule has 33 valence electrons. The summed E-state index contributed by atoms with van der Waals surface area (Å²) in [7, 11) is -2.17. The van der Waals surface area contributed by atoms with E-state index >= 15 is 0 Å². The molecule has 0 aliphatic heterocycles. The van der Waals surface area contributed by atoms with E-state index in [-0.39, 0.29) is 35.9 Å². The maximum Gasteiger partial charge on any atom is 0.631 e. The molecule has 0 saturated carbocycles. The van der Waals surface area contributed by atoms with Crippen LogP contribution < -0.4 is 0 Å². The number of hydrogen-bond acceptors (Lipinski definition) is 3. The molecule has 0 saturated heterocycles. The normalized spacial score (nSPS) is 4.50. The summed E-state index contributed by atoms with van der Waals surface area (Å²) in [6, 6.07) is 0. The maximum absolute atomic E-state index is 7.17. The Labute approximate surface area is 58.6 Å². The standard InChI is InChI=1S/BH3O3.Fe.Li/c2-1(3)4;;/h2-4H;;. The minimum atomic E-state index is -2.17. The van der Waals surface area contributed by atoms with Gasteiger partial charge in [-0.3, -0.25) is 0 Å². The Morgan fingerprint density at radius 3 is 1.00 bits per heavy atom. The van der Waals surface area contributed by atoms with Crippen molar-refractivity contribution in [3.05, 3.63) is 0 Å². The summed E-state index contributed by atoms with van der Waals surface area (Å²) in [5, 5.41) is 21.5. The van der Waals surface area contributed by atoms with Crippen molar-refractivity contribution >= 4 is 26.2 Å². The second-order valence-corrected chi connectivity index (χ2v) is 0.346. The Morgan fingerprint density at radius 1 is 1.00 bits per heavy atom. The zero-order valence-electron chi connectivity index (χ0n) is 3.27. The summed E-state index contributed by atoms with van der Waals surface area (Å²) in [6.45, 7) is 0. The SMILES string of the molecule is OB(O)O.[Fe].[Li]. The molecule has 0 aromatic heterocycles. The molecule has 0 spiro atoms. The fourth-order valence-electron chi connectivity index (χ4n) is 0. The predicted molar refractivity (Wildman–Crippen MR) is 18.2 cm³/mol. The van der Waals surface area contributed by atoms with Gasteiger partial charge in [0.15, 0.2) is 0 Å². The van der Waals surface area contributed by atoms with E-state index < -0.39 is 7.32 Å². The Kier molecular flexibility index (Phi) is 24.7. The molecule has 0 unspecified atom stereocenters. The Balaban J connectivity index is -0.0000000450. The quantitative estimate of drug-likeness (QED) is 0.315. The molecule has 0 rings (SSSR count). The molecular weight excluding hydrogens is 122 g/mol. The fraction of sp³-hybridized carbons (Fsp3) is 0. The van der Waals surface area contributed by atoms with Gasteiger partial charge in [-0.2, -0.15) is 0 Å². The molecule has 0 aromatic rings. The van der Waals surface area contributed by atoms with Gasteiger partial charge in [0.1, 0.15) is 0 Å². The van der Waals surface area contributed by atoms with Gasteiger partial charge < -0.3 is 15.1 Å². The van der Waals surface area contributed by atoms with Crippen molar-refractivity contribution in [2.45, 2.75) is 0 Å². The van der Waals surface area contributed by atoms with Crippen LogP contribution in [0.3, 0.4) is 0 Å². The van der Waals surface area contributed by atoms with Gasteiger partial charge in [-0.1, -0.05) is 0 Å². The van der Waals surface area contributed by atoms with Crippen LogP contribution in [-0.2, 0) is 17.1 Å². The van der Waals surface area contributed by atoms with Crippen molar-refractivity contribution in [2.75, 3.05) is 0 Å². The summed E-state index contributed by atoms with van der Waals surface area (Å²) >= 11 is 0. The Hall–Kier alpha value is 1.06. The van der Waals surface area contributed by atoms with Crippen molar-refractivity contribution in [3.63, 3.8) is 0 Å². The van der Waals surface area contributed by atoms with E-state index in [4.69, 9.17) is 15.1 Å². The molecule has 6 heteroatoms. The number of rotatable bonds is 0. The first-order valence-corrected chi connectivity index (χ1v) is 0.775. The molecular formula is H3BFeLiO3. The summed E-state index contributed by atoms with van der Waals surface area (Å²) in [5.41, 5.74) is 0. The van der Waals surface area contributed by atoms with Crippen LogP contribution in [0.25, 0.3) is 0 Å². The minimum Gasteiger partial charge on any atom is -0.402 e. The van der Waals surface area contributed by atoms with Crippen molar-refractivity contribution in [3.8, 4) is 0 Å². The third-order valence-corrected chi connectivity index (χ3v) is 0. The molecule has 0 bridgehead atoms. The maximum atomic E-state index is 7.17. The zero-order chi connectivity index (χ0) is 3.58. The third-order valence-electron chi connectivity index (χ3n) is 0. The van der Waals surface area contributed by atoms with Gasteiger partial charge >= 0.3 is 7.32 Å². The number of hydrogen-bond donors (Lipinski definition) is 3. The largest absolute Gasteiger partial charge is 0.631 e. The van der Waals surface area contributed by atoms with Gasteiger partial charge in [-0.05, 0) is 0 Å². The predicted octanol–water partition coefficient (Wildman–Crippen LogP) is -2.44. The van der Waals surface area contributed by atoms with Crippen LogP contribution in [0.2, 0.25) is 0 Å². The molecule has 3 N–H and O–H groups in total. The molecule has 0 heterocycles. The topological polar surface area (TPSA) is 60.7 Å². The van der Waals surface area contributed by atoms with E-state index in [1.54, 1.807) is 0 Å². The van der Waals surface area contributed by atoms with Crippen molar-refractivity contribution in [1.82, 2.24) is 0 Å². The molecule has 3 nitrogen and oxygen atoms in total. The van der Waals surface area contributed by atoms with Gasteiger partial charge in [-0.15, -0.1) is 0 Å². The zero-order valence-corrected chi connectivity index (χ0v) is 4.38. The molecule has 6 heavy (non-hydrogen) atoms. The van der Waals surface area contributed by atoms with Crippen LogP contribution in [0.4, 0.5) is 0 Å². The molecule has 1 radical (unpaired) electrons. The summed E-state index contributed by atoms with van der Waals surface area (Å²) in [6.07, 6.45) is 0. The second-order valence-electron chi connectivity index (χ2n) is 0.346. The minimum absolute atomic E-state index is 0. The van der Waals surface area contributed by atoms with E-state index in [1.165, 1.54) is 0 Å². The van der Waals surface area contributed by atoms with E-state index in [2.05, 4.69) is 0 Å². The average Bonchev–Trinajstić information content (AvgIpc) is 0.811. The molecule has 0 aliphatic carbocycles. The van der Waals surface area contributed by atoms with Crippen LogP contribution in [0, 0.1) is 0 Å². The molecule has 0 fully saturated rings. The molecule has 0 atom stereocenters. The Bertz CT molecular complexity index is 15.5. The van der Waals surface area contributed by atoms with Crippen LogP contribution in [0.1, 0.15) is 0 Å². The van der Waals surface area contributed by atoms with Gasteiger partial charge in [0.2, 0.25) is 0 Å². The van der Waals surface area contributed by atoms with Crippen molar-refractivity contribution in [2.24, 2.45) is 0 Å². The van der Waals surface area contributed by atoms with Gasteiger partial charge in [0.05, 0.1) is 0 Å². The second kappa shape index (κ2) is 9.41. The van der Waals surface area contributed by atoms with Crippen molar-refractivity contribution in [1.29, 1.82) is 0 Å². The van der Waals surface area contributed by atoms with Gasteiger partial charge in [0, 0.05) is 35.9 Å². The first-order valence-electron chi connectivity index (χ1n) is 0.775. The van der Waals surface area contributed by atoms with Crippen LogP contribution in [0.5, 0.6) is 0 Å². The average molecular weight is 125 g/mol. The van der Waals surface area contributed by atoms with E-state index in [1.807, 2.05) is 0 Å². The molecule has 0 amide bonds. The summed E-state index contributed by atoms with van der Waals surface area (Å²) in [4.78, 5) is 0. The van der Waals surface area contributed by atoms with E-state index in [0.717, 1.165) is 0 Å². The van der Waals surface area contributed by atoms with Crippen LogP contribution >= 0.6 is 0 Å². The first-order chi connectivity index (χ1) is 1.73. The first kappa shape index (κ1) is 15.7. The van der Waals surface area contributed by atoms with Gasteiger partial charge in [0.25, 0.3) is 0 Å². The van der Waals surface area contributed by atoms with Gasteiger partial charge in [-0.25, -0.2) is 0 Å². The summed E-state index contributed by atoms with van der Waals surface area (Å²) < 4.78 is 0. The van der Waals surface area contributed by atoms with E-state index in [0.29, 0.717) is 0 Å². The Morgan fingerprint density at radius 2 is 1.00 bits per heavy atom. The monoisotopic (exact) mass is 125 g/mol. The molecule has 0 aromatic carbocycles. The smallest absolute Gasteiger partial charge is 0.402 e. The van der Waals surface area contributed by atoms with Crippen LogP contribution in [-0.4, -0.2) is 41.3 Å². The third kappa shape index (κ3) is 74.1. The van der Waals surface area contributed by atoms with Crippen LogP contribution in [0.15, 0.2) is 0 Å². The molecule has 0 aliphatic rings. The fourth-order valence-corrected chi connectivity index (χ4v) is 0.